The number of methoxy groups -OCH3 is 1. The van der Waals surface area contributed by atoms with Crippen LogP contribution in [-0.4, -0.2) is 75.1 Å². The Morgan fingerprint density at radius 2 is 1.73 bits per heavy atom. The second-order valence-corrected chi connectivity index (χ2v) is 7.49. The van der Waals surface area contributed by atoms with Gasteiger partial charge in [-0.2, -0.15) is 0 Å². The van der Waals surface area contributed by atoms with E-state index in [2.05, 4.69) is 0 Å². The molecule has 0 aliphatic carbocycles. The Labute approximate surface area is 186 Å². The molecule has 0 radical (unpaired) electrons. The summed E-state index contributed by atoms with van der Waals surface area (Å²) in [5.74, 6) is -0.308. The average Bonchev–Trinajstić information content (AvgIpc) is 2.78. The van der Waals surface area contributed by atoms with Crippen LogP contribution in [0, 0.1) is 0 Å². The fourth-order valence-electron chi connectivity index (χ4n) is 3.60. The van der Waals surface area contributed by atoms with Crippen molar-refractivity contribution in [3.63, 3.8) is 0 Å². The molecule has 4 rings (SSSR count). The molecule has 176 valence electrons. The first-order valence-corrected chi connectivity index (χ1v) is 9.89. The molecule has 11 nitrogen and oxygen atoms in total. The summed E-state index contributed by atoms with van der Waals surface area (Å²) < 4.78 is 22.0. The van der Waals surface area contributed by atoms with Crippen LogP contribution < -0.4 is 14.9 Å². The fraction of sp³-hybridized carbons (Fsp3) is 0.318. The van der Waals surface area contributed by atoms with E-state index in [0.717, 1.165) is 6.07 Å². The van der Waals surface area contributed by atoms with Gasteiger partial charge in [0.1, 0.15) is 52.6 Å². The van der Waals surface area contributed by atoms with E-state index in [1.165, 1.54) is 37.4 Å². The van der Waals surface area contributed by atoms with Crippen LogP contribution in [0.2, 0.25) is 0 Å². The van der Waals surface area contributed by atoms with Crippen molar-refractivity contribution in [2.45, 2.75) is 30.7 Å². The fourth-order valence-corrected chi connectivity index (χ4v) is 3.60. The summed E-state index contributed by atoms with van der Waals surface area (Å²) in [7, 11) is 1.35. The van der Waals surface area contributed by atoms with E-state index < -0.39 is 48.5 Å². The molecule has 1 saturated heterocycles. The molecule has 1 aliphatic heterocycles. The van der Waals surface area contributed by atoms with E-state index in [0.29, 0.717) is 5.56 Å². The van der Waals surface area contributed by atoms with Gasteiger partial charge in [0.15, 0.2) is 16.9 Å². The maximum Gasteiger partial charge on any atom is 0.229 e. The van der Waals surface area contributed by atoms with Crippen molar-refractivity contribution in [1.82, 2.24) is 0 Å². The highest BCUT2D eigenvalue weighted by Gasteiger charge is 2.45. The molecule has 3 aromatic rings. The predicted molar refractivity (Wildman–Crippen MR) is 112 cm³/mol. The first-order chi connectivity index (χ1) is 15.7. The molecule has 0 saturated carbocycles. The van der Waals surface area contributed by atoms with Crippen LogP contribution in [0.4, 0.5) is 0 Å². The van der Waals surface area contributed by atoms with Gasteiger partial charge in [-0.25, -0.2) is 0 Å². The lowest BCUT2D eigenvalue weighted by Crippen LogP contribution is -2.60. The normalized spacial score (nSPS) is 25.2. The van der Waals surface area contributed by atoms with Gasteiger partial charge in [0.25, 0.3) is 0 Å². The van der Waals surface area contributed by atoms with Crippen LogP contribution in [0.25, 0.3) is 22.3 Å². The Bertz CT molecular complexity index is 1220. The second-order valence-electron chi connectivity index (χ2n) is 7.49. The smallest absolute Gasteiger partial charge is 0.229 e. The number of aromatic hydroxyl groups is 2. The van der Waals surface area contributed by atoms with E-state index in [-0.39, 0.29) is 34.0 Å². The highest BCUT2D eigenvalue weighted by atomic mass is 16.7. The zero-order valence-electron chi connectivity index (χ0n) is 17.3. The number of benzene rings is 2. The topological polar surface area (TPSA) is 179 Å². The Kier molecular flexibility index (Phi) is 6.15. The van der Waals surface area contributed by atoms with Gasteiger partial charge in [0.2, 0.25) is 6.29 Å². The molecule has 5 atom stereocenters. The second kappa shape index (κ2) is 8.89. The van der Waals surface area contributed by atoms with E-state index >= 15 is 0 Å². The van der Waals surface area contributed by atoms with E-state index in [9.17, 15) is 35.4 Å². The Hall–Kier alpha value is -3.35. The van der Waals surface area contributed by atoms with Crippen molar-refractivity contribution < 1.29 is 49.3 Å². The molecule has 0 spiro atoms. The molecular formula is C22H22O11. The SMILES string of the molecule is COc1cc(-c2cc(=O)c3c(O)cc(O)cc3o2)ccc1O[C@@H]1O[C@H](CO)[C@@H](O)[C@H](O)[C@H]1O. The first-order valence-electron chi connectivity index (χ1n) is 9.89. The number of aliphatic hydroxyl groups is 4. The van der Waals surface area contributed by atoms with Crippen molar-refractivity contribution in [1.29, 1.82) is 0 Å². The molecule has 11 heteroatoms. The van der Waals surface area contributed by atoms with Gasteiger partial charge in [-0.3, -0.25) is 4.79 Å². The number of rotatable bonds is 5. The van der Waals surface area contributed by atoms with Crippen LogP contribution in [0.3, 0.4) is 0 Å². The number of phenolic OH excluding ortho intramolecular Hbond substituents is 2. The highest BCUT2D eigenvalue weighted by Crippen LogP contribution is 2.36. The van der Waals surface area contributed by atoms with Gasteiger partial charge < -0.3 is 49.3 Å². The summed E-state index contributed by atoms with van der Waals surface area (Å²) in [5.41, 5.74) is -0.144. The van der Waals surface area contributed by atoms with Crippen molar-refractivity contribution >= 4 is 11.0 Å². The quantitative estimate of drug-likeness (QED) is 0.302. The lowest BCUT2D eigenvalue weighted by Gasteiger charge is -2.39. The third-order valence-electron chi connectivity index (χ3n) is 5.33. The minimum atomic E-state index is -1.61. The molecule has 2 aromatic carbocycles. The standard InChI is InChI=1S/C22H22O11/c1-30-15-4-9(14-7-12(26)18-11(25)5-10(24)6-16(18)31-14)2-3-13(15)32-22-21(29)20(28)19(27)17(8-23)33-22/h2-7,17,19-25,27-29H,8H2,1H3/t17-,19-,20+,21-,22-/m1/s1. The van der Waals surface area contributed by atoms with Gasteiger partial charge >= 0.3 is 0 Å². The molecule has 0 amide bonds. The maximum absolute atomic E-state index is 12.5. The average molecular weight is 462 g/mol. The molecule has 1 fully saturated rings. The van der Waals surface area contributed by atoms with Crippen molar-refractivity contribution in [3.05, 3.63) is 46.6 Å². The summed E-state index contributed by atoms with van der Waals surface area (Å²) in [5, 5.41) is 58.9. The zero-order valence-corrected chi connectivity index (χ0v) is 17.3. The Morgan fingerprint density at radius 3 is 2.42 bits per heavy atom. The maximum atomic E-state index is 12.5. The molecular weight excluding hydrogens is 440 g/mol. The lowest BCUT2D eigenvalue weighted by atomic mass is 9.99. The van der Waals surface area contributed by atoms with E-state index in [1.54, 1.807) is 0 Å². The van der Waals surface area contributed by atoms with Crippen molar-refractivity contribution in [2.75, 3.05) is 13.7 Å². The van der Waals surface area contributed by atoms with Gasteiger partial charge in [-0.1, -0.05) is 0 Å². The Balaban J connectivity index is 1.67. The highest BCUT2D eigenvalue weighted by molar-refractivity contribution is 5.86. The molecule has 33 heavy (non-hydrogen) atoms. The predicted octanol–water partition coefficient (Wildman–Crippen LogP) is 0.0585. The molecule has 6 N–H and O–H groups in total. The molecule has 2 heterocycles. The zero-order chi connectivity index (χ0) is 23.9. The number of phenols is 2. The molecule has 0 bridgehead atoms. The van der Waals surface area contributed by atoms with Crippen LogP contribution in [0.15, 0.2) is 45.6 Å². The van der Waals surface area contributed by atoms with Crippen LogP contribution in [0.5, 0.6) is 23.0 Å². The summed E-state index contributed by atoms with van der Waals surface area (Å²) >= 11 is 0. The third-order valence-corrected chi connectivity index (χ3v) is 5.33. The first kappa shape index (κ1) is 22.8. The summed E-state index contributed by atoms with van der Waals surface area (Å²) in [6.45, 7) is -0.604. The summed E-state index contributed by atoms with van der Waals surface area (Å²) in [6.07, 6.45) is -7.29. The van der Waals surface area contributed by atoms with Gasteiger partial charge in [-0.15, -0.1) is 0 Å². The largest absolute Gasteiger partial charge is 0.508 e. The van der Waals surface area contributed by atoms with E-state index in [4.69, 9.17) is 18.6 Å². The molecule has 1 aliphatic rings. The monoisotopic (exact) mass is 462 g/mol. The Morgan fingerprint density at radius 1 is 0.970 bits per heavy atom. The van der Waals surface area contributed by atoms with Crippen LogP contribution in [-0.2, 0) is 4.74 Å². The van der Waals surface area contributed by atoms with Crippen LogP contribution >= 0.6 is 0 Å². The molecule has 1 aromatic heterocycles. The van der Waals surface area contributed by atoms with E-state index in [1.807, 2.05) is 0 Å². The minimum absolute atomic E-state index is 0.0180. The number of hydrogen-bond donors (Lipinski definition) is 6. The minimum Gasteiger partial charge on any atom is -0.508 e. The summed E-state index contributed by atoms with van der Waals surface area (Å²) in [6, 6.07) is 7.85. The lowest BCUT2D eigenvalue weighted by molar-refractivity contribution is -0.277. The van der Waals surface area contributed by atoms with Gasteiger partial charge in [0.05, 0.1) is 13.7 Å². The summed E-state index contributed by atoms with van der Waals surface area (Å²) in [4.78, 5) is 12.5. The van der Waals surface area contributed by atoms with Gasteiger partial charge in [0, 0.05) is 23.8 Å². The molecule has 0 unspecified atom stereocenters. The number of fused-ring (bicyclic) bond motifs is 1. The third kappa shape index (κ3) is 4.19. The number of hydrogen-bond acceptors (Lipinski definition) is 11. The van der Waals surface area contributed by atoms with Gasteiger partial charge in [-0.05, 0) is 18.2 Å². The number of aliphatic hydroxyl groups excluding tert-OH is 4. The van der Waals surface area contributed by atoms with Crippen LogP contribution in [0.1, 0.15) is 0 Å². The number of ether oxygens (including phenoxy) is 3. The van der Waals surface area contributed by atoms with Crippen molar-refractivity contribution in [2.24, 2.45) is 0 Å². The van der Waals surface area contributed by atoms with Crippen molar-refractivity contribution in [3.8, 4) is 34.3 Å².